The Morgan fingerprint density at radius 1 is 0.359 bits per heavy atom. The summed E-state index contributed by atoms with van der Waals surface area (Å²) in [5.41, 5.74) is 25.9. The summed E-state index contributed by atoms with van der Waals surface area (Å²) in [7, 11) is 0. The fourth-order valence-electron chi connectivity index (χ4n) is 11.1. The van der Waals surface area contributed by atoms with Crippen molar-refractivity contribution in [3.05, 3.63) is 302 Å². The zero-order valence-electron chi connectivity index (χ0n) is 43.1. The predicted octanol–water partition coefficient (Wildman–Crippen LogP) is 17.4. The van der Waals surface area contributed by atoms with Gasteiger partial charge in [-0.15, -0.1) is 0 Å². The molecule has 78 heavy (non-hydrogen) atoms. The van der Waals surface area contributed by atoms with Crippen molar-refractivity contribution < 1.29 is 0 Å². The van der Waals surface area contributed by atoms with E-state index in [0.29, 0.717) is 0 Å². The van der Waals surface area contributed by atoms with Crippen molar-refractivity contribution in [2.45, 2.75) is 18.3 Å². The summed E-state index contributed by atoms with van der Waals surface area (Å²) in [6, 6.07) is 71.2. The van der Waals surface area contributed by atoms with E-state index in [1.54, 1.807) is 0 Å². The highest BCUT2D eigenvalue weighted by Gasteiger charge is 2.19. The largest absolute Gasteiger partial charge is 0.386 e. The van der Waals surface area contributed by atoms with E-state index in [2.05, 4.69) is 244 Å². The van der Waals surface area contributed by atoms with Crippen LogP contribution < -0.4 is 5.32 Å². The van der Waals surface area contributed by atoms with E-state index in [9.17, 15) is 0 Å². The van der Waals surface area contributed by atoms with Crippen LogP contribution in [-0.2, 0) is 0 Å². The Kier molecular flexibility index (Phi) is 13.4. The number of rotatable bonds is 12. The Hall–Kier alpha value is -9.84. The first-order valence-electron chi connectivity index (χ1n) is 26.8. The third-order valence-electron chi connectivity index (χ3n) is 15.3. The molecule has 0 spiro atoms. The molecule has 13 rings (SSSR count). The molecule has 2 aliphatic heterocycles. The Balaban J connectivity index is 0.844. The van der Waals surface area contributed by atoms with Crippen molar-refractivity contribution in [3.8, 4) is 77.9 Å². The highest BCUT2D eigenvalue weighted by Crippen LogP contribution is 2.41. The fourth-order valence-corrected chi connectivity index (χ4v) is 11.1. The standard InChI is InChI=1S/C73H55N5/c1-11-50(62-23-7-27-74-44-62)31-54(15-1)66-37-67(55-16-2-12-51(32-55)63-24-8-28-75-45-63)40-70(39-66)58-19-5-21-60(35-58)72-43-73(49-78-48-72)61-22-6-20-59(36-61)71-41-68(56-17-3-13-52(33-56)64-25-9-29-76-46-64)38-69(42-71)57-18-4-14-53(34-57)65-26-10-30-77-47-65/h1-33,35-44,46-48,53,63,78H,34,45,49H2. The quantitative estimate of drug-likeness (QED) is 0.132. The molecule has 5 heterocycles. The number of hydrogen-bond donors (Lipinski definition) is 1. The second kappa shape index (κ2) is 21.8. The molecule has 2 atom stereocenters. The monoisotopic (exact) mass is 1000 g/mol. The van der Waals surface area contributed by atoms with Crippen molar-refractivity contribution in [3.63, 3.8) is 0 Å². The van der Waals surface area contributed by atoms with Crippen LogP contribution in [0.3, 0.4) is 0 Å². The van der Waals surface area contributed by atoms with Crippen LogP contribution in [0.2, 0.25) is 0 Å². The number of benzene rings is 7. The molecule has 0 bridgehead atoms. The number of pyridine rings is 3. The molecular weight excluding hydrogens is 947 g/mol. The minimum absolute atomic E-state index is 0.253. The Morgan fingerprint density at radius 3 is 1.36 bits per heavy atom. The molecule has 372 valence electrons. The van der Waals surface area contributed by atoms with Crippen LogP contribution in [-0.4, -0.2) is 34.3 Å². The molecule has 1 N–H and O–H groups in total. The van der Waals surface area contributed by atoms with Gasteiger partial charge in [-0.1, -0.05) is 140 Å². The molecule has 5 heteroatoms. The van der Waals surface area contributed by atoms with Crippen molar-refractivity contribution in [2.24, 2.45) is 4.99 Å². The van der Waals surface area contributed by atoms with Crippen LogP contribution in [0.4, 0.5) is 0 Å². The summed E-state index contributed by atoms with van der Waals surface area (Å²) < 4.78 is 0. The lowest BCUT2D eigenvalue weighted by Gasteiger charge is -2.21. The highest BCUT2D eigenvalue weighted by atomic mass is 14.8. The van der Waals surface area contributed by atoms with Crippen molar-refractivity contribution in [1.82, 2.24) is 20.3 Å². The van der Waals surface area contributed by atoms with Crippen LogP contribution in [0.1, 0.15) is 46.1 Å². The molecule has 0 radical (unpaired) electrons. The molecular formula is C73H55N5. The minimum atomic E-state index is 0.253. The second-order valence-corrected chi connectivity index (χ2v) is 20.4. The maximum atomic E-state index is 4.58. The number of hydrogen-bond acceptors (Lipinski definition) is 5. The number of dihydropyridines is 2. The molecule has 1 aliphatic carbocycles. The number of aromatic nitrogens is 3. The Morgan fingerprint density at radius 2 is 0.808 bits per heavy atom. The van der Waals surface area contributed by atoms with Gasteiger partial charge in [-0.3, -0.25) is 19.9 Å². The van der Waals surface area contributed by atoms with Gasteiger partial charge in [-0.2, -0.15) is 0 Å². The molecule has 0 saturated carbocycles. The van der Waals surface area contributed by atoms with Crippen LogP contribution in [0.5, 0.6) is 0 Å². The van der Waals surface area contributed by atoms with Crippen LogP contribution in [0.15, 0.2) is 279 Å². The van der Waals surface area contributed by atoms with Crippen LogP contribution >= 0.6 is 0 Å². The predicted molar refractivity (Wildman–Crippen MR) is 324 cm³/mol. The molecule has 3 aromatic heterocycles. The molecule has 0 fully saturated rings. The molecule has 0 saturated heterocycles. The fraction of sp³-hybridized carbons (Fsp3) is 0.0685. The van der Waals surface area contributed by atoms with E-state index in [1.807, 2.05) is 61.6 Å². The third kappa shape index (κ3) is 10.4. The summed E-state index contributed by atoms with van der Waals surface area (Å²) in [5, 5.41) is 3.66. The average molecular weight is 1000 g/mol. The number of allylic oxidation sites excluding steroid dienone is 7. The van der Waals surface area contributed by atoms with Crippen molar-refractivity contribution in [2.75, 3.05) is 13.1 Å². The van der Waals surface area contributed by atoms with E-state index >= 15 is 0 Å². The molecule has 2 unspecified atom stereocenters. The van der Waals surface area contributed by atoms with E-state index in [0.717, 1.165) is 80.7 Å². The molecule has 7 aromatic carbocycles. The normalized spacial score (nSPS) is 15.7. The number of aliphatic imine (C=N–C) groups is 1. The van der Waals surface area contributed by atoms with Gasteiger partial charge < -0.3 is 5.32 Å². The summed E-state index contributed by atoms with van der Waals surface area (Å²) in [5.74, 6) is 0.506. The molecule has 5 nitrogen and oxygen atoms in total. The first kappa shape index (κ1) is 47.8. The summed E-state index contributed by atoms with van der Waals surface area (Å²) >= 11 is 0. The summed E-state index contributed by atoms with van der Waals surface area (Å²) in [4.78, 5) is 17.9. The minimum Gasteiger partial charge on any atom is -0.386 e. The molecule has 3 aliphatic rings. The van der Waals surface area contributed by atoms with E-state index < -0.39 is 0 Å². The Bertz CT molecular complexity index is 4030. The van der Waals surface area contributed by atoms with Gasteiger partial charge in [0, 0.05) is 85.6 Å². The SMILES string of the molecule is C1=CC(c2cccc(-c3cc(-c4cccc(C5=CNCC(c6cccc(-c7cc(C8=CC=CC(c9cccnc9)C8)cc(-c8cccc(-c9cccnc9)c8)c7)c6)=C5)c4)cc(-c4cccc(-c5cccnc5)c4)c3)c2)CN=C1. The lowest BCUT2D eigenvalue weighted by Crippen LogP contribution is -2.14. The Labute approximate surface area is 456 Å². The van der Waals surface area contributed by atoms with Crippen molar-refractivity contribution >= 4 is 22.9 Å². The van der Waals surface area contributed by atoms with Crippen LogP contribution in [0.25, 0.3) is 94.6 Å². The first-order valence-corrected chi connectivity index (χ1v) is 26.8. The van der Waals surface area contributed by atoms with E-state index in [1.165, 1.54) is 61.2 Å². The maximum absolute atomic E-state index is 4.58. The third-order valence-corrected chi connectivity index (χ3v) is 15.3. The first-order chi connectivity index (χ1) is 38.6. The van der Waals surface area contributed by atoms with Crippen LogP contribution in [0, 0.1) is 0 Å². The van der Waals surface area contributed by atoms with Gasteiger partial charge in [0.05, 0.1) is 0 Å². The van der Waals surface area contributed by atoms with Gasteiger partial charge in [0.1, 0.15) is 0 Å². The highest BCUT2D eigenvalue weighted by molar-refractivity contribution is 5.90. The van der Waals surface area contributed by atoms with Gasteiger partial charge in [-0.05, 0) is 209 Å². The average Bonchev–Trinajstić information content (AvgIpc) is 3.55. The lowest BCUT2D eigenvalue weighted by molar-refractivity contribution is 0.846. The summed E-state index contributed by atoms with van der Waals surface area (Å²) in [6.45, 7) is 1.48. The van der Waals surface area contributed by atoms with Gasteiger partial charge >= 0.3 is 0 Å². The lowest BCUT2D eigenvalue weighted by atomic mass is 9.84. The topological polar surface area (TPSA) is 63.1 Å². The zero-order chi connectivity index (χ0) is 52.0. The number of nitrogens with zero attached hydrogens (tertiary/aromatic N) is 4. The maximum Gasteiger partial charge on any atom is 0.0492 e. The van der Waals surface area contributed by atoms with Gasteiger partial charge in [-0.25, -0.2) is 0 Å². The number of nitrogens with one attached hydrogen (secondary N) is 1. The van der Waals surface area contributed by atoms with Gasteiger partial charge in [0.2, 0.25) is 0 Å². The smallest absolute Gasteiger partial charge is 0.0492 e. The van der Waals surface area contributed by atoms with E-state index in [4.69, 9.17) is 0 Å². The van der Waals surface area contributed by atoms with Gasteiger partial charge in [0.25, 0.3) is 0 Å². The molecule has 10 aromatic rings. The zero-order valence-corrected chi connectivity index (χ0v) is 43.1. The van der Waals surface area contributed by atoms with Crippen molar-refractivity contribution in [1.29, 1.82) is 0 Å². The van der Waals surface area contributed by atoms with E-state index in [-0.39, 0.29) is 11.8 Å². The molecule has 0 amide bonds. The second-order valence-electron chi connectivity index (χ2n) is 20.4. The van der Waals surface area contributed by atoms with Gasteiger partial charge in [0.15, 0.2) is 0 Å². The summed E-state index contributed by atoms with van der Waals surface area (Å²) in [6.07, 6.45) is 29.8.